The smallest absolute Gasteiger partial charge is 0.243 e. The van der Waals surface area contributed by atoms with Gasteiger partial charge >= 0.3 is 0 Å². The van der Waals surface area contributed by atoms with Gasteiger partial charge in [0.15, 0.2) is 0 Å². The van der Waals surface area contributed by atoms with Crippen molar-refractivity contribution in [3.63, 3.8) is 0 Å². The molecule has 1 N–H and O–H groups in total. The molecule has 1 heterocycles. The summed E-state index contributed by atoms with van der Waals surface area (Å²) in [5.41, 5.74) is 2.06. The predicted octanol–water partition coefficient (Wildman–Crippen LogP) is 1.17. The van der Waals surface area contributed by atoms with Crippen LogP contribution in [0.25, 0.3) is 11.4 Å². The van der Waals surface area contributed by atoms with Gasteiger partial charge in [0.2, 0.25) is 11.7 Å². The van der Waals surface area contributed by atoms with E-state index < -0.39 is 0 Å². The minimum Gasteiger partial charge on any atom is -0.352 e. The van der Waals surface area contributed by atoms with E-state index in [2.05, 4.69) is 20.7 Å². The van der Waals surface area contributed by atoms with Gasteiger partial charge in [-0.1, -0.05) is 29.8 Å². The zero-order valence-corrected chi connectivity index (χ0v) is 11.3. The van der Waals surface area contributed by atoms with Crippen molar-refractivity contribution in [3.8, 4) is 11.4 Å². The highest BCUT2D eigenvalue weighted by Crippen LogP contribution is 2.13. The van der Waals surface area contributed by atoms with Gasteiger partial charge in [0, 0.05) is 11.6 Å². The van der Waals surface area contributed by atoms with Crippen LogP contribution in [0.2, 0.25) is 0 Å². The molecule has 19 heavy (non-hydrogen) atoms. The molecule has 2 aromatic rings. The zero-order valence-electron chi connectivity index (χ0n) is 11.3. The Hall–Kier alpha value is -2.24. The SMILES string of the molecule is Cc1ccc(-c2nnn(CC(=O)NC(C)C)n2)cc1. The Morgan fingerprint density at radius 2 is 2.00 bits per heavy atom. The molecule has 0 atom stereocenters. The van der Waals surface area contributed by atoms with E-state index in [1.807, 2.05) is 45.0 Å². The van der Waals surface area contributed by atoms with E-state index in [1.165, 1.54) is 10.4 Å². The Bertz CT molecular complexity index is 559. The van der Waals surface area contributed by atoms with Crippen LogP contribution in [-0.2, 0) is 11.3 Å². The summed E-state index contributed by atoms with van der Waals surface area (Å²) in [5, 5.41) is 14.8. The Morgan fingerprint density at radius 1 is 1.32 bits per heavy atom. The number of aromatic nitrogens is 4. The number of amides is 1. The maximum atomic E-state index is 11.6. The lowest BCUT2D eigenvalue weighted by atomic mass is 10.1. The molecule has 100 valence electrons. The fourth-order valence-corrected chi connectivity index (χ4v) is 1.62. The first-order chi connectivity index (χ1) is 9.04. The molecule has 6 nitrogen and oxygen atoms in total. The summed E-state index contributed by atoms with van der Waals surface area (Å²) in [6.07, 6.45) is 0. The van der Waals surface area contributed by atoms with Crippen LogP contribution in [0.5, 0.6) is 0 Å². The number of nitrogens with one attached hydrogen (secondary N) is 1. The molecule has 0 aliphatic carbocycles. The van der Waals surface area contributed by atoms with Crippen molar-refractivity contribution in [2.75, 3.05) is 0 Å². The molecule has 1 amide bonds. The van der Waals surface area contributed by atoms with Crippen LogP contribution in [-0.4, -0.2) is 32.2 Å². The highest BCUT2D eigenvalue weighted by Gasteiger charge is 2.09. The maximum Gasteiger partial charge on any atom is 0.243 e. The topological polar surface area (TPSA) is 72.7 Å². The fourth-order valence-electron chi connectivity index (χ4n) is 1.62. The summed E-state index contributed by atoms with van der Waals surface area (Å²) in [6, 6.07) is 7.95. The van der Waals surface area contributed by atoms with Crippen LogP contribution in [0.1, 0.15) is 19.4 Å². The molecule has 0 bridgehead atoms. The summed E-state index contributed by atoms with van der Waals surface area (Å²) in [7, 11) is 0. The second kappa shape index (κ2) is 5.60. The van der Waals surface area contributed by atoms with Crippen molar-refractivity contribution in [3.05, 3.63) is 29.8 Å². The summed E-state index contributed by atoms with van der Waals surface area (Å²) in [6.45, 7) is 5.91. The van der Waals surface area contributed by atoms with Crippen LogP contribution in [0.4, 0.5) is 0 Å². The van der Waals surface area contributed by atoms with Crippen LogP contribution in [0, 0.1) is 6.92 Å². The summed E-state index contributed by atoms with van der Waals surface area (Å²) in [5.74, 6) is 0.403. The van der Waals surface area contributed by atoms with E-state index >= 15 is 0 Å². The zero-order chi connectivity index (χ0) is 13.8. The van der Waals surface area contributed by atoms with Gasteiger partial charge in [0.05, 0.1) is 0 Å². The lowest BCUT2D eigenvalue weighted by Crippen LogP contribution is -2.33. The highest BCUT2D eigenvalue weighted by atomic mass is 16.2. The summed E-state index contributed by atoms with van der Waals surface area (Å²) in [4.78, 5) is 12.9. The third-order valence-electron chi connectivity index (χ3n) is 2.50. The average molecular weight is 259 g/mol. The Morgan fingerprint density at radius 3 is 2.63 bits per heavy atom. The number of tetrazole rings is 1. The number of nitrogens with zero attached hydrogens (tertiary/aromatic N) is 4. The number of hydrogen-bond acceptors (Lipinski definition) is 4. The number of hydrogen-bond donors (Lipinski definition) is 1. The number of carbonyl (C=O) groups is 1. The number of rotatable bonds is 4. The molecule has 0 saturated carbocycles. The molecule has 0 saturated heterocycles. The van der Waals surface area contributed by atoms with Crippen molar-refractivity contribution in [1.29, 1.82) is 0 Å². The van der Waals surface area contributed by atoms with Gasteiger partial charge in [-0.2, -0.15) is 4.80 Å². The van der Waals surface area contributed by atoms with Crippen molar-refractivity contribution >= 4 is 5.91 Å². The van der Waals surface area contributed by atoms with Crippen molar-refractivity contribution in [2.45, 2.75) is 33.4 Å². The van der Waals surface area contributed by atoms with Crippen LogP contribution in [0.3, 0.4) is 0 Å². The Balaban J connectivity index is 2.07. The van der Waals surface area contributed by atoms with Crippen LogP contribution in [0.15, 0.2) is 24.3 Å². The second-order valence-electron chi connectivity index (χ2n) is 4.73. The first-order valence-electron chi connectivity index (χ1n) is 6.19. The lowest BCUT2D eigenvalue weighted by molar-refractivity contribution is -0.122. The van der Waals surface area contributed by atoms with Gasteiger partial charge in [0.25, 0.3) is 0 Å². The lowest BCUT2D eigenvalue weighted by Gasteiger charge is -2.06. The minimum atomic E-state index is -0.122. The molecule has 1 aromatic heterocycles. The van der Waals surface area contributed by atoms with Crippen molar-refractivity contribution in [1.82, 2.24) is 25.5 Å². The fraction of sp³-hybridized carbons (Fsp3) is 0.385. The molecule has 1 aromatic carbocycles. The van der Waals surface area contributed by atoms with Crippen molar-refractivity contribution in [2.24, 2.45) is 0 Å². The third kappa shape index (κ3) is 3.61. The van der Waals surface area contributed by atoms with Gasteiger partial charge in [-0.15, -0.1) is 10.2 Å². The standard InChI is InChI=1S/C13H17N5O/c1-9(2)14-12(19)8-18-16-13(15-17-18)11-6-4-10(3)5-7-11/h4-7,9H,8H2,1-3H3,(H,14,19). The van der Waals surface area contributed by atoms with E-state index in [1.54, 1.807) is 0 Å². The molecule has 0 aliphatic rings. The molecule has 0 fully saturated rings. The molecule has 6 heteroatoms. The van der Waals surface area contributed by atoms with E-state index in [4.69, 9.17) is 0 Å². The van der Waals surface area contributed by atoms with Crippen molar-refractivity contribution < 1.29 is 4.79 Å². The van der Waals surface area contributed by atoms with Gasteiger partial charge in [-0.25, -0.2) is 0 Å². The van der Waals surface area contributed by atoms with Crippen LogP contribution >= 0.6 is 0 Å². The molecule has 0 spiro atoms. The van der Waals surface area contributed by atoms with E-state index in [0.717, 1.165) is 5.56 Å². The first kappa shape index (κ1) is 13.2. The Labute approximate surface area is 111 Å². The molecular formula is C13H17N5O. The molecule has 0 unspecified atom stereocenters. The summed E-state index contributed by atoms with van der Waals surface area (Å²) >= 11 is 0. The quantitative estimate of drug-likeness (QED) is 0.894. The molecular weight excluding hydrogens is 242 g/mol. The third-order valence-corrected chi connectivity index (χ3v) is 2.50. The molecule has 0 aliphatic heterocycles. The monoisotopic (exact) mass is 259 g/mol. The largest absolute Gasteiger partial charge is 0.352 e. The van der Waals surface area contributed by atoms with E-state index in [-0.39, 0.29) is 18.5 Å². The molecule has 0 radical (unpaired) electrons. The highest BCUT2D eigenvalue weighted by molar-refractivity contribution is 5.75. The Kier molecular flexibility index (Phi) is 3.89. The molecule has 2 rings (SSSR count). The number of carbonyl (C=O) groups excluding carboxylic acids is 1. The van der Waals surface area contributed by atoms with Crippen LogP contribution < -0.4 is 5.32 Å². The van der Waals surface area contributed by atoms with Gasteiger partial charge in [0.1, 0.15) is 6.54 Å². The van der Waals surface area contributed by atoms with E-state index in [9.17, 15) is 4.79 Å². The summed E-state index contributed by atoms with van der Waals surface area (Å²) < 4.78 is 0. The average Bonchev–Trinajstić information content (AvgIpc) is 2.77. The second-order valence-corrected chi connectivity index (χ2v) is 4.73. The first-order valence-corrected chi connectivity index (χ1v) is 6.19. The van der Waals surface area contributed by atoms with Gasteiger partial charge in [-0.05, 0) is 26.0 Å². The van der Waals surface area contributed by atoms with E-state index in [0.29, 0.717) is 5.82 Å². The number of benzene rings is 1. The normalized spacial score (nSPS) is 10.7. The predicted molar refractivity (Wildman–Crippen MR) is 71.3 cm³/mol. The maximum absolute atomic E-state index is 11.6. The van der Waals surface area contributed by atoms with Gasteiger partial charge in [-0.3, -0.25) is 4.79 Å². The number of aryl methyl sites for hydroxylation is 1. The van der Waals surface area contributed by atoms with Gasteiger partial charge < -0.3 is 5.32 Å². The minimum absolute atomic E-state index is 0.0804.